The molecule has 2 N–H and O–H groups in total. The summed E-state index contributed by atoms with van der Waals surface area (Å²) in [6, 6.07) is 7.94. The van der Waals surface area contributed by atoms with Crippen LogP contribution in [0.2, 0.25) is 0 Å². The fraction of sp³-hybridized carbons (Fsp3) is 0.467. The number of imidazole rings is 1. The number of para-hydroxylation sites is 2. The van der Waals surface area contributed by atoms with E-state index in [1.165, 1.54) is 0 Å². The second-order valence-corrected chi connectivity index (χ2v) is 5.13. The molecule has 0 spiro atoms. The van der Waals surface area contributed by atoms with Crippen LogP contribution in [0.4, 0.5) is 0 Å². The first-order chi connectivity index (χ1) is 8.99. The minimum absolute atomic E-state index is 0.0417. The number of hydrogen-bond acceptors (Lipinski definition) is 3. The van der Waals surface area contributed by atoms with E-state index in [-0.39, 0.29) is 5.78 Å². The molecule has 0 saturated heterocycles. The van der Waals surface area contributed by atoms with E-state index < -0.39 is 5.54 Å². The van der Waals surface area contributed by atoms with E-state index >= 15 is 0 Å². The zero-order valence-corrected chi connectivity index (χ0v) is 11.8. The van der Waals surface area contributed by atoms with Gasteiger partial charge in [0.25, 0.3) is 0 Å². The molecule has 2 rings (SSSR count). The van der Waals surface area contributed by atoms with Crippen molar-refractivity contribution in [2.75, 3.05) is 0 Å². The lowest BCUT2D eigenvalue weighted by Gasteiger charge is -2.20. The maximum atomic E-state index is 12.2. The van der Waals surface area contributed by atoms with E-state index in [1.807, 2.05) is 31.2 Å². The summed E-state index contributed by atoms with van der Waals surface area (Å²) in [4.78, 5) is 16.8. The molecule has 1 heterocycles. The Hall–Kier alpha value is -1.68. The maximum absolute atomic E-state index is 12.2. The molecule has 1 aromatic heterocycles. The fourth-order valence-corrected chi connectivity index (χ4v) is 2.16. The Balaban J connectivity index is 2.38. The van der Waals surface area contributed by atoms with Crippen LogP contribution in [0.1, 0.15) is 33.0 Å². The van der Waals surface area contributed by atoms with Crippen molar-refractivity contribution in [3.05, 3.63) is 30.1 Å². The van der Waals surface area contributed by atoms with Gasteiger partial charge in [0.2, 0.25) is 0 Å². The quantitative estimate of drug-likeness (QED) is 0.896. The van der Waals surface area contributed by atoms with Crippen LogP contribution in [-0.2, 0) is 17.8 Å². The summed E-state index contributed by atoms with van der Waals surface area (Å²) < 4.78 is 2.08. The monoisotopic (exact) mass is 259 g/mol. The molecule has 0 aliphatic rings. The molecule has 2 aromatic rings. The highest BCUT2D eigenvalue weighted by Crippen LogP contribution is 2.18. The number of hydrogen-bond donors (Lipinski definition) is 1. The lowest BCUT2D eigenvalue weighted by molar-refractivity contribution is -0.123. The number of ketones is 1. The number of nitrogens with two attached hydrogens (primary N) is 1. The second kappa shape index (κ2) is 5.13. The van der Waals surface area contributed by atoms with Gasteiger partial charge >= 0.3 is 0 Å². The van der Waals surface area contributed by atoms with Gasteiger partial charge in [0.05, 0.1) is 23.0 Å². The van der Waals surface area contributed by atoms with Gasteiger partial charge in [-0.25, -0.2) is 4.98 Å². The smallest absolute Gasteiger partial charge is 0.159 e. The number of fused-ring (bicyclic) bond motifs is 1. The van der Waals surface area contributed by atoms with Crippen LogP contribution in [0, 0.1) is 0 Å². The molecule has 1 aromatic carbocycles. The van der Waals surface area contributed by atoms with Gasteiger partial charge in [0.1, 0.15) is 5.82 Å². The second-order valence-electron chi connectivity index (χ2n) is 5.13. The van der Waals surface area contributed by atoms with Gasteiger partial charge in [-0.1, -0.05) is 19.1 Å². The Morgan fingerprint density at radius 2 is 2.05 bits per heavy atom. The Kier molecular flexibility index (Phi) is 3.71. The molecule has 0 saturated carbocycles. The van der Waals surface area contributed by atoms with Crippen molar-refractivity contribution in [1.82, 2.24) is 9.55 Å². The first-order valence-electron chi connectivity index (χ1n) is 6.76. The summed E-state index contributed by atoms with van der Waals surface area (Å²) in [7, 11) is 0. The van der Waals surface area contributed by atoms with Crippen LogP contribution in [-0.4, -0.2) is 20.9 Å². The van der Waals surface area contributed by atoms with E-state index in [4.69, 9.17) is 5.73 Å². The number of nitrogens with zero attached hydrogens (tertiary/aromatic N) is 2. The normalized spacial score (nSPS) is 14.5. The first kappa shape index (κ1) is 13.7. The average molecular weight is 259 g/mol. The van der Waals surface area contributed by atoms with Crippen molar-refractivity contribution in [3.63, 3.8) is 0 Å². The van der Waals surface area contributed by atoms with Crippen LogP contribution in [0.25, 0.3) is 11.0 Å². The Labute approximate surface area is 113 Å². The van der Waals surface area contributed by atoms with E-state index in [0.717, 1.165) is 23.4 Å². The number of rotatable bonds is 5. The predicted molar refractivity (Wildman–Crippen MR) is 77.0 cm³/mol. The van der Waals surface area contributed by atoms with E-state index in [2.05, 4.69) is 16.5 Å². The number of aryl methyl sites for hydroxylation is 1. The van der Waals surface area contributed by atoms with Crippen LogP contribution >= 0.6 is 0 Å². The lowest BCUT2D eigenvalue weighted by Crippen LogP contribution is -2.45. The highest BCUT2D eigenvalue weighted by molar-refractivity contribution is 5.89. The number of benzene rings is 1. The summed E-state index contributed by atoms with van der Waals surface area (Å²) in [5, 5.41) is 0. The van der Waals surface area contributed by atoms with Crippen molar-refractivity contribution in [2.45, 2.75) is 45.7 Å². The fourth-order valence-electron chi connectivity index (χ4n) is 2.16. The molecule has 4 heteroatoms. The summed E-state index contributed by atoms with van der Waals surface area (Å²) in [6.45, 7) is 6.58. The van der Waals surface area contributed by atoms with Gasteiger partial charge in [-0.05, 0) is 32.4 Å². The zero-order valence-electron chi connectivity index (χ0n) is 11.8. The standard InChI is InChI=1S/C15H21N3O/c1-4-15(3,16)13(19)10-14-17-11-8-6-7-9-12(11)18(14)5-2/h6-9H,4-5,10,16H2,1-3H3. The Bertz CT molecular complexity index is 598. The third-order valence-corrected chi connectivity index (χ3v) is 3.74. The molecule has 102 valence electrons. The van der Waals surface area contributed by atoms with Crippen molar-refractivity contribution in [3.8, 4) is 0 Å². The molecule has 0 aliphatic heterocycles. The predicted octanol–water partition coefficient (Wildman–Crippen LogP) is 2.30. The van der Waals surface area contributed by atoms with Gasteiger partial charge in [0.15, 0.2) is 5.78 Å². The van der Waals surface area contributed by atoms with Crippen LogP contribution in [0.5, 0.6) is 0 Å². The maximum Gasteiger partial charge on any atom is 0.159 e. The summed E-state index contributed by atoms with van der Waals surface area (Å²) in [5.41, 5.74) is 7.24. The van der Waals surface area contributed by atoms with E-state index in [0.29, 0.717) is 12.8 Å². The van der Waals surface area contributed by atoms with Crippen molar-refractivity contribution >= 4 is 16.8 Å². The van der Waals surface area contributed by atoms with Gasteiger partial charge in [-0.2, -0.15) is 0 Å². The number of aromatic nitrogens is 2. The molecular weight excluding hydrogens is 238 g/mol. The van der Waals surface area contributed by atoms with Crippen molar-refractivity contribution in [2.24, 2.45) is 5.73 Å². The molecule has 4 nitrogen and oxygen atoms in total. The first-order valence-corrected chi connectivity index (χ1v) is 6.76. The highest BCUT2D eigenvalue weighted by Gasteiger charge is 2.27. The molecular formula is C15H21N3O. The Morgan fingerprint density at radius 3 is 2.68 bits per heavy atom. The summed E-state index contributed by atoms with van der Waals surface area (Å²) in [6.07, 6.45) is 0.932. The van der Waals surface area contributed by atoms with Gasteiger partial charge in [-0.3, -0.25) is 4.79 Å². The molecule has 0 radical (unpaired) electrons. The van der Waals surface area contributed by atoms with E-state index in [1.54, 1.807) is 6.92 Å². The number of carbonyl (C=O) groups is 1. The largest absolute Gasteiger partial charge is 0.328 e. The Morgan fingerprint density at radius 1 is 1.37 bits per heavy atom. The van der Waals surface area contributed by atoms with Crippen LogP contribution < -0.4 is 5.73 Å². The molecule has 0 amide bonds. The average Bonchev–Trinajstić information content (AvgIpc) is 2.75. The molecule has 1 atom stereocenters. The van der Waals surface area contributed by atoms with E-state index in [9.17, 15) is 4.79 Å². The molecule has 0 bridgehead atoms. The lowest BCUT2D eigenvalue weighted by atomic mass is 9.92. The molecule has 0 aliphatic carbocycles. The minimum Gasteiger partial charge on any atom is -0.328 e. The highest BCUT2D eigenvalue weighted by atomic mass is 16.1. The third kappa shape index (κ3) is 2.54. The minimum atomic E-state index is -0.767. The summed E-state index contributed by atoms with van der Waals surface area (Å²) in [5.74, 6) is 0.846. The van der Waals surface area contributed by atoms with Gasteiger partial charge in [-0.15, -0.1) is 0 Å². The number of carbonyl (C=O) groups excluding carboxylic acids is 1. The van der Waals surface area contributed by atoms with Gasteiger partial charge in [0, 0.05) is 6.54 Å². The molecule has 19 heavy (non-hydrogen) atoms. The third-order valence-electron chi connectivity index (χ3n) is 3.74. The van der Waals surface area contributed by atoms with Crippen molar-refractivity contribution in [1.29, 1.82) is 0 Å². The summed E-state index contributed by atoms with van der Waals surface area (Å²) >= 11 is 0. The zero-order chi connectivity index (χ0) is 14.0. The topological polar surface area (TPSA) is 60.9 Å². The van der Waals surface area contributed by atoms with Gasteiger partial charge < -0.3 is 10.3 Å². The molecule has 1 unspecified atom stereocenters. The number of Topliss-reactive ketones (excluding diaryl/α,β-unsaturated/α-hetero) is 1. The SMILES string of the molecule is CCn1c(CC(=O)C(C)(N)CC)nc2ccccc21. The molecule has 0 fully saturated rings. The van der Waals surface area contributed by atoms with Crippen molar-refractivity contribution < 1.29 is 4.79 Å². The van der Waals surface area contributed by atoms with Crippen LogP contribution in [0.3, 0.4) is 0 Å². The van der Waals surface area contributed by atoms with Crippen LogP contribution in [0.15, 0.2) is 24.3 Å².